The van der Waals surface area contributed by atoms with Gasteiger partial charge >= 0.3 is 6.01 Å². The highest BCUT2D eigenvalue weighted by molar-refractivity contribution is 5.84. The monoisotopic (exact) mass is 281 g/mol. The van der Waals surface area contributed by atoms with Gasteiger partial charge in [-0.2, -0.15) is 0 Å². The van der Waals surface area contributed by atoms with E-state index in [-0.39, 0.29) is 18.0 Å². The molecule has 1 fully saturated rings. The van der Waals surface area contributed by atoms with Gasteiger partial charge in [-0.1, -0.05) is 12.0 Å². The van der Waals surface area contributed by atoms with Gasteiger partial charge in [-0.15, -0.1) is 5.10 Å². The SMILES string of the molecule is CCCNC(C)c1nnc(N2CCCC2C(=O)NC)o1. The van der Waals surface area contributed by atoms with Gasteiger partial charge in [0.05, 0.1) is 6.04 Å². The number of hydrogen-bond donors (Lipinski definition) is 2. The Morgan fingerprint density at radius 2 is 2.35 bits per heavy atom. The summed E-state index contributed by atoms with van der Waals surface area (Å²) in [5.74, 6) is 0.565. The predicted octanol–water partition coefficient (Wildman–Crippen LogP) is 0.845. The van der Waals surface area contributed by atoms with E-state index >= 15 is 0 Å². The third kappa shape index (κ3) is 3.09. The molecule has 2 N–H and O–H groups in total. The van der Waals surface area contributed by atoms with Crippen LogP contribution in [-0.2, 0) is 4.79 Å². The van der Waals surface area contributed by atoms with Crippen molar-refractivity contribution in [3.05, 3.63) is 5.89 Å². The summed E-state index contributed by atoms with van der Waals surface area (Å²) in [6, 6.07) is 0.265. The fourth-order valence-corrected chi connectivity index (χ4v) is 2.40. The van der Waals surface area contributed by atoms with Crippen molar-refractivity contribution in [3.63, 3.8) is 0 Å². The lowest BCUT2D eigenvalue weighted by atomic mass is 10.2. The van der Waals surface area contributed by atoms with Crippen molar-refractivity contribution in [2.45, 2.75) is 45.2 Å². The molecule has 1 amide bonds. The molecule has 7 heteroatoms. The lowest BCUT2D eigenvalue weighted by Gasteiger charge is -2.20. The van der Waals surface area contributed by atoms with Crippen LogP contribution in [0.1, 0.15) is 45.0 Å². The van der Waals surface area contributed by atoms with Gasteiger partial charge in [0.2, 0.25) is 11.8 Å². The maximum Gasteiger partial charge on any atom is 0.318 e. The van der Waals surface area contributed by atoms with Crippen molar-refractivity contribution in [3.8, 4) is 0 Å². The molecular formula is C13H23N5O2. The topological polar surface area (TPSA) is 83.3 Å². The molecule has 0 saturated carbocycles. The van der Waals surface area contributed by atoms with Crippen LogP contribution in [0.25, 0.3) is 0 Å². The van der Waals surface area contributed by atoms with Crippen molar-refractivity contribution in [1.82, 2.24) is 20.8 Å². The molecule has 2 atom stereocenters. The van der Waals surface area contributed by atoms with Gasteiger partial charge in [-0.05, 0) is 32.7 Å². The molecule has 20 heavy (non-hydrogen) atoms. The summed E-state index contributed by atoms with van der Waals surface area (Å²) in [5.41, 5.74) is 0. The van der Waals surface area contributed by atoms with Gasteiger partial charge in [0, 0.05) is 13.6 Å². The highest BCUT2D eigenvalue weighted by atomic mass is 16.4. The highest BCUT2D eigenvalue weighted by Gasteiger charge is 2.33. The number of nitrogens with zero attached hydrogens (tertiary/aromatic N) is 3. The fraction of sp³-hybridized carbons (Fsp3) is 0.769. The van der Waals surface area contributed by atoms with Crippen LogP contribution in [0.5, 0.6) is 0 Å². The Balaban J connectivity index is 2.06. The lowest BCUT2D eigenvalue weighted by molar-refractivity contribution is -0.121. The minimum absolute atomic E-state index is 0.000550. The van der Waals surface area contributed by atoms with Gasteiger partial charge < -0.3 is 20.0 Å². The first-order chi connectivity index (χ1) is 9.67. The zero-order valence-electron chi connectivity index (χ0n) is 12.3. The number of carbonyl (C=O) groups is 1. The number of anilines is 1. The van der Waals surface area contributed by atoms with Gasteiger partial charge in [-0.3, -0.25) is 4.79 Å². The predicted molar refractivity (Wildman–Crippen MR) is 75.4 cm³/mol. The average molecular weight is 281 g/mol. The molecule has 0 bridgehead atoms. The van der Waals surface area contributed by atoms with E-state index in [1.165, 1.54) is 0 Å². The zero-order chi connectivity index (χ0) is 14.5. The smallest absolute Gasteiger partial charge is 0.318 e. The summed E-state index contributed by atoms with van der Waals surface area (Å²) in [4.78, 5) is 13.7. The molecule has 0 aliphatic carbocycles. The molecular weight excluding hydrogens is 258 g/mol. The second-order valence-corrected chi connectivity index (χ2v) is 5.06. The standard InChI is InChI=1S/C13H23N5O2/c1-4-7-15-9(2)12-16-17-13(20-12)18-8-5-6-10(18)11(19)14-3/h9-10,15H,4-8H2,1-3H3,(H,14,19). The third-order valence-electron chi connectivity index (χ3n) is 3.55. The summed E-state index contributed by atoms with van der Waals surface area (Å²) in [6.45, 7) is 5.78. The van der Waals surface area contributed by atoms with Gasteiger partial charge in [0.25, 0.3) is 0 Å². The molecule has 2 rings (SSSR count). The minimum atomic E-state index is -0.202. The fourth-order valence-electron chi connectivity index (χ4n) is 2.40. The van der Waals surface area contributed by atoms with E-state index in [4.69, 9.17) is 4.42 Å². The van der Waals surface area contributed by atoms with E-state index in [0.717, 1.165) is 32.4 Å². The van der Waals surface area contributed by atoms with Gasteiger partial charge in [0.1, 0.15) is 6.04 Å². The number of rotatable bonds is 6. The second-order valence-electron chi connectivity index (χ2n) is 5.06. The first-order valence-electron chi connectivity index (χ1n) is 7.22. The van der Waals surface area contributed by atoms with Crippen LogP contribution in [0.3, 0.4) is 0 Å². The van der Waals surface area contributed by atoms with Crippen LogP contribution < -0.4 is 15.5 Å². The van der Waals surface area contributed by atoms with Crippen molar-refractivity contribution < 1.29 is 9.21 Å². The molecule has 1 saturated heterocycles. The molecule has 2 unspecified atom stereocenters. The molecule has 1 aliphatic heterocycles. The van der Waals surface area contributed by atoms with Crippen LogP contribution in [-0.4, -0.2) is 42.3 Å². The van der Waals surface area contributed by atoms with E-state index in [0.29, 0.717) is 11.9 Å². The number of hydrogen-bond acceptors (Lipinski definition) is 6. The number of likely N-dealkylation sites (N-methyl/N-ethyl adjacent to an activating group) is 1. The van der Waals surface area contributed by atoms with Gasteiger partial charge in [0.15, 0.2) is 0 Å². The van der Waals surface area contributed by atoms with Gasteiger partial charge in [-0.25, -0.2) is 0 Å². The largest absolute Gasteiger partial charge is 0.406 e. The lowest BCUT2D eigenvalue weighted by Crippen LogP contribution is -2.42. The Kier molecular flexibility index (Phi) is 4.94. The third-order valence-corrected chi connectivity index (χ3v) is 3.55. The Bertz CT molecular complexity index is 448. The zero-order valence-corrected chi connectivity index (χ0v) is 12.3. The van der Waals surface area contributed by atoms with E-state index in [1.54, 1.807) is 7.05 Å². The van der Waals surface area contributed by atoms with Crippen LogP contribution in [0.2, 0.25) is 0 Å². The first kappa shape index (κ1) is 14.8. The molecule has 0 radical (unpaired) electrons. The Hall–Kier alpha value is -1.63. The summed E-state index contributed by atoms with van der Waals surface area (Å²) < 4.78 is 5.71. The number of carbonyl (C=O) groups excluding carboxylic acids is 1. The number of aromatic nitrogens is 2. The molecule has 1 aliphatic rings. The quantitative estimate of drug-likeness (QED) is 0.804. The molecule has 1 aromatic heterocycles. The highest BCUT2D eigenvalue weighted by Crippen LogP contribution is 2.25. The van der Waals surface area contributed by atoms with Crippen molar-refractivity contribution in [2.24, 2.45) is 0 Å². The Labute approximate surface area is 119 Å². The van der Waals surface area contributed by atoms with E-state index in [2.05, 4.69) is 27.8 Å². The van der Waals surface area contributed by atoms with E-state index < -0.39 is 0 Å². The summed E-state index contributed by atoms with van der Waals surface area (Å²) in [5, 5.41) is 14.1. The Morgan fingerprint density at radius 3 is 3.05 bits per heavy atom. The number of amides is 1. The van der Waals surface area contributed by atoms with Crippen molar-refractivity contribution >= 4 is 11.9 Å². The maximum absolute atomic E-state index is 11.8. The molecule has 2 heterocycles. The van der Waals surface area contributed by atoms with Crippen molar-refractivity contribution in [2.75, 3.05) is 25.0 Å². The molecule has 112 valence electrons. The molecule has 1 aromatic rings. The first-order valence-corrected chi connectivity index (χ1v) is 7.22. The normalized spacial score (nSPS) is 20.1. The Morgan fingerprint density at radius 1 is 1.55 bits per heavy atom. The van der Waals surface area contributed by atoms with E-state index in [9.17, 15) is 4.79 Å². The van der Waals surface area contributed by atoms with Crippen LogP contribution in [0, 0.1) is 0 Å². The molecule has 0 aromatic carbocycles. The maximum atomic E-state index is 11.8. The summed E-state index contributed by atoms with van der Waals surface area (Å²) >= 11 is 0. The second kappa shape index (κ2) is 6.69. The number of nitrogens with one attached hydrogen (secondary N) is 2. The molecule has 7 nitrogen and oxygen atoms in total. The van der Waals surface area contributed by atoms with E-state index in [1.807, 2.05) is 11.8 Å². The van der Waals surface area contributed by atoms with Crippen LogP contribution >= 0.6 is 0 Å². The minimum Gasteiger partial charge on any atom is -0.406 e. The van der Waals surface area contributed by atoms with Crippen molar-refractivity contribution in [1.29, 1.82) is 0 Å². The van der Waals surface area contributed by atoms with Crippen LogP contribution in [0.4, 0.5) is 6.01 Å². The summed E-state index contributed by atoms with van der Waals surface area (Å²) in [7, 11) is 1.65. The summed E-state index contributed by atoms with van der Waals surface area (Å²) in [6.07, 6.45) is 2.83. The average Bonchev–Trinajstić information content (AvgIpc) is 3.11. The molecule has 0 spiro atoms. The van der Waals surface area contributed by atoms with Crippen LogP contribution in [0.15, 0.2) is 4.42 Å².